The normalized spacial score (nSPS) is 23.5. The maximum absolute atomic E-state index is 12.1. The second kappa shape index (κ2) is 15.3. The van der Waals surface area contributed by atoms with E-state index in [1.807, 2.05) is 5.48 Å². The van der Waals surface area contributed by atoms with Crippen LogP contribution in [-0.4, -0.2) is 86.4 Å². The van der Waals surface area contributed by atoms with E-state index >= 15 is 0 Å². The first-order valence-electron chi connectivity index (χ1n) is 11.2. The van der Waals surface area contributed by atoms with Gasteiger partial charge in [0.2, 0.25) is 5.91 Å². The molecule has 0 unspecified atom stereocenters. The molecule has 5 atom stereocenters. The van der Waals surface area contributed by atoms with E-state index in [2.05, 4.69) is 10.2 Å². The first kappa shape index (κ1) is 32.0. The van der Waals surface area contributed by atoms with Crippen LogP contribution in [0.25, 0.3) is 0 Å². The van der Waals surface area contributed by atoms with Crippen LogP contribution in [0.3, 0.4) is 0 Å². The second-order valence-electron chi connectivity index (χ2n) is 7.93. The van der Waals surface area contributed by atoms with Crippen molar-refractivity contribution in [2.45, 2.75) is 83.8 Å². The highest BCUT2D eigenvalue weighted by Crippen LogP contribution is 2.28. The highest BCUT2D eigenvalue weighted by Gasteiger charge is 2.51. The molecule has 16 heteroatoms. The number of alkyl halides is 3. The van der Waals surface area contributed by atoms with E-state index in [-0.39, 0.29) is 19.8 Å². The van der Waals surface area contributed by atoms with Crippen molar-refractivity contribution in [3.05, 3.63) is 0 Å². The summed E-state index contributed by atoms with van der Waals surface area (Å²) < 4.78 is 63.3. The molecule has 1 saturated heterocycles. The zero-order valence-corrected chi connectivity index (χ0v) is 20.8. The molecule has 37 heavy (non-hydrogen) atoms. The van der Waals surface area contributed by atoms with Crippen LogP contribution in [0.1, 0.15) is 47.0 Å². The number of hydrogen-bond acceptors (Lipinski definition) is 12. The topological polar surface area (TPSA) is 165 Å². The van der Waals surface area contributed by atoms with Gasteiger partial charge in [-0.25, -0.2) is 4.79 Å². The summed E-state index contributed by atoms with van der Waals surface area (Å²) in [4.78, 5) is 61.2. The van der Waals surface area contributed by atoms with Crippen molar-refractivity contribution in [1.29, 1.82) is 0 Å². The van der Waals surface area contributed by atoms with Gasteiger partial charge < -0.3 is 33.8 Å². The molecule has 0 aromatic carbocycles. The van der Waals surface area contributed by atoms with Crippen LogP contribution in [-0.2, 0) is 52.5 Å². The van der Waals surface area contributed by atoms with Crippen LogP contribution < -0.4 is 10.8 Å². The lowest BCUT2D eigenvalue weighted by molar-refractivity contribution is -0.277. The second-order valence-corrected chi connectivity index (χ2v) is 7.93. The summed E-state index contributed by atoms with van der Waals surface area (Å²) >= 11 is 0. The number of hydroxylamine groups is 1. The van der Waals surface area contributed by atoms with Gasteiger partial charge in [-0.1, -0.05) is 0 Å². The van der Waals surface area contributed by atoms with E-state index in [0.717, 1.165) is 20.8 Å². The lowest BCUT2D eigenvalue weighted by atomic mass is 9.96. The summed E-state index contributed by atoms with van der Waals surface area (Å²) in [6, 6.07) is -1.11. The molecular formula is C21H31F3N2O11. The molecule has 0 aromatic rings. The number of halogens is 3. The van der Waals surface area contributed by atoms with E-state index < -0.39 is 66.6 Å². The summed E-state index contributed by atoms with van der Waals surface area (Å²) in [6.07, 6.45) is -8.78. The van der Waals surface area contributed by atoms with Gasteiger partial charge in [0.1, 0.15) is 18.8 Å². The first-order chi connectivity index (χ1) is 17.2. The third-order valence-electron chi connectivity index (χ3n) is 4.67. The Kier molecular flexibility index (Phi) is 13.3. The highest BCUT2D eigenvalue weighted by molar-refractivity contribution is 5.75. The molecule has 1 amide bonds. The number of nitrogens with one attached hydrogen (secondary N) is 2. The lowest BCUT2D eigenvalue weighted by Crippen LogP contribution is -2.66. The van der Waals surface area contributed by atoms with Crippen molar-refractivity contribution < 1.29 is 65.7 Å². The molecule has 1 aliphatic rings. The van der Waals surface area contributed by atoms with Gasteiger partial charge >= 0.3 is 30.1 Å². The molecule has 13 nitrogen and oxygen atoms in total. The molecule has 1 rings (SSSR count). The predicted molar refractivity (Wildman–Crippen MR) is 114 cm³/mol. The van der Waals surface area contributed by atoms with Crippen LogP contribution in [0.5, 0.6) is 0 Å². The van der Waals surface area contributed by atoms with E-state index in [4.69, 9.17) is 23.7 Å². The highest BCUT2D eigenvalue weighted by atomic mass is 19.4. The molecule has 1 heterocycles. The minimum Gasteiger partial charge on any atom is -0.463 e. The Hall–Kier alpha value is -2.98. The number of rotatable bonds is 13. The maximum atomic E-state index is 12.1. The Balaban J connectivity index is 2.82. The van der Waals surface area contributed by atoms with Gasteiger partial charge in [0.25, 0.3) is 0 Å². The fourth-order valence-corrected chi connectivity index (χ4v) is 3.28. The van der Waals surface area contributed by atoms with Crippen molar-refractivity contribution in [3.8, 4) is 0 Å². The smallest absolute Gasteiger partial charge is 0.463 e. The zero-order valence-electron chi connectivity index (χ0n) is 20.8. The fraction of sp³-hybridized carbons (Fsp3) is 0.762. The molecule has 0 spiro atoms. The van der Waals surface area contributed by atoms with Crippen LogP contribution in [0, 0.1) is 0 Å². The Bertz CT molecular complexity index is 809. The van der Waals surface area contributed by atoms with Gasteiger partial charge in [-0.3, -0.25) is 19.2 Å². The van der Waals surface area contributed by atoms with Crippen molar-refractivity contribution in [2.24, 2.45) is 0 Å². The largest absolute Gasteiger partial charge is 0.492 e. The van der Waals surface area contributed by atoms with Crippen LogP contribution in [0.15, 0.2) is 0 Å². The van der Waals surface area contributed by atoms with Crippen LogP contribution in [0.4, 0.5) is 13.2 Å². The fourth-order valence-electron chi connectivity index (χ4n) is 3.28. The van der Waals surface area contributed by atoms with Crippen LogP contribution in [0.2, 0.25) is 0 Å². The van der Waals surface area contributed by atoms with Crippen molar-refractivity contribution >= 4 is 29.8 Å². The standard InChI is InChI=1S/C21H31F3N2O11/c1-11(27)26-16-18(35-14(4)30)17(34-13(3)29)15(10-33-12(2)28)36-19(16)32-9-7-5-6-8-25-37-20(31)21(22,23)24/h15-19,25H,5-10H2,1-4H3,(H,26,27)/t15-,16-,17+,18-,19-/m1/s1. The minimum absolute atomic E-state index is 0.0361. The first-order valence-corrected chi connectivity index (χ1v) is 11.2. The molecule has 2 N–H and O–H groups in total. The van der Waals surface area contributed by atoms with E-state index in [1.165, 1.54) is 6.92 Å². The zero-order chi connectivity index (χ0) is 28.2. The minimum atomic E-state index is -5.10. The summed E-state index contributed by atoms with van der Waals surface area (Å²) in [7, 11) is 0. The van der Waals surface area contributed by atoms with Gasteiger partial charge in [0.15, 0.2) is 18.5 Å². The Labute approximate surface area is 210 Å². The average molecular weight is 544 g/mol. The number of carbonyl (C=O) groups excluding carboxylic acids is 5. The predicted octanol–water partition coefficient (Wildman–Crippen LogP) is 0.440. The van der Waals surface area contributed by atoms with Crippen LogP contribution >= 0.6 is 0 Å². The SMILES string of the molecule is CC(=O)N[C@H]1[C@H](OCCCCCNOC(=O)C(F)(F)F)O[C@H](COC(C)=O)[C@H](OC(C)=O)[C@@H]1OC(C)=O. The molecular weight excluding hydrogens is 513 g/mol. The van der Waals surface area contributed by atoms with Gasteiger partial charge in [-0.05, 0) is 19.3 Å². The third kappa shape index (κ3) is 12.2. The molecule has 0 aromatic heterocycles. The maximum Gasteiger partial charge on any atom is 0.492 e. The lowest BCUT2D eigenvalue weighted by Gasteiger charge is -2.44. The molecule has 0 bridgehead atoms. The van der Waals surface area contributed by atoms with Crippen molar-refractivity contribution in [2.75, 3.05) is 19.8 Å². The van der Waals surface area contributed by atoms with Gasteiger partial charge in [0, 0.05) is 40.8 Å². The number of amides is 1. The van der Waals surface area contributed by atoms with E-state index in [0.29, 0.717) is 19.3 Å². The van der Waals surface area contributed by atoms with E-state index in [1.54, 1.807) is 0 Å². The number of ether oxygens (including phenoxy) is 5. The van der Waals surface area contributed by atoms with Crippen molar-refractivity contribution in [3.63, 3.8) is 0 Å². The molecule has 0 aliphatic carbocycles. The molecule has 1 fully saturated rings. The number of esters is 3. The molecule has 1 aliphatic heterocycles. The molecule has 212 valence electrons. The summed E-state index contributed by atoms with van der Waals surface area (Å²) in [5.74, 6) is -5.02. The number of carbonyl (C=O) groups is 5. The summed E-state index contributed by atoms with van der Waals surface area (Å²) in [5, 5.41) is 2.55. The summed E-state index contributed by atoms with van der Waals surface area (Å²) in [6.45, 7) is 4.20. The third-order valence-corrected chi connectivity index (χ3v) is 4.67. The summed E-state index contributed by atoms with van der Waals surface area (Å²) in [5.41, 5.74) is 1.92. The van der Waals surface area contributed by atoms with Gasteiger partial charge in [-0.2, -0.15) is 18.7 Å². The monoisotopic (exact) mass is 544 g/mol. The Morgan fingerprint density at radius 2 is 1.49 bits per heavy atom. The van der Waals surface area contributed by atoms with Gasteiger partial charge in [0.05, 0.1) is 0 Å². The number of hydrogen-bond donors (Lipinski definition) is 2. The number of unbranched alkanes of at least 4 members (excludes halogenated alkanes) is 2. The van der Waals surface area contributed by atoms with Crippen molar-refractivity contribution in [1.82, 2.24) is 10.8 Å². The Morgan fingerprint density at radius 3 is 2.03 bits per heavy atom. The van der Waals surface area contributed by atoms with Gasteiger partial charge in [-0.15, -0.1) is 0 Å². The molecule has 0 saturated carbocycles. The molecule has 0 radical (unpaired) electrons. The quantitative estimate of drug-likeness (QED) is 0.142. The Morgan fingerprint density at radius 1 is 0.865 bits per heavy atom. The average Bonchev–Trinajstić information content (AvgIpc) is 2.76. The van der Waals surface area contributed by atoms with E-state index in [9.17, 15) is 37.1 Å².